The third-order valence-electron chi connectivity index (χ3n) is 5.73. The molecule has 2 aliphatic rings. The van der Waals surface area contributed by atoms with Crippen LogP contribution in [0.4, 0.5) is 0 Å². The van der Waals surface area contributed by atoms with Crippen molar-refractivity contribution >= 4 is 50.9 Å². The van der Waals surface area contributed by atoms with Gasteiger partial charge in [-0.15, -0.1) is 0 Å². The lowest BCUT2D eigenvalue weighted by Crippen LogP contribution is -2.68. The first-order valence-electron chi connectivity index (χ1n) is 11.7. The molecular weight excluding hydrogens is 465 g/mol. The van der Waals surface area contributed by atoms with Crippen molar-refractivity contribution in [1.29, 1.82) is 0 Å². The predicted molar refractivity (Wildman–Crippen MR) is 137 cm³/mol. The van der Waals surface area contributed by atoms with Gasteiger partial charge in [-0.25, -0.2) is 0 Å². The summed E-state index contributed by atoms with van der Waals surface area (Å²) in [6, 6.07) is 2.46. The highest BCUT2D eigenvalue weighted by Gasteiger charge is 2.53. The molecule has 172 valence electrons. The van der Waals surface area contributed by atoms with Crippen LogP contribution in [0.3, 0.4) is 0 Å². The molecule has 0 amide bonds. The lowest BCUT2D eigenvalue weighted by molar-refractivity contribution is 0.0472. The van der Waals surface area contributed by atoms with Crippen molar-refractivity contribution in [3.8, 4) is 0 Å². The van der Waals surface area contributed by atoms with Gasteiger partial charge in [-0.3, -0.25) is 0 Å². The Hall–Kier alpha value is 1.10. The number of rotatable bonds is 10. The normalized spacial score (nSPS) is 33.1. The van der Waals surface area contributed by atoms with Crippen LogP contribution in [0.25, 0.3) is 0 Å². The van der Waals surface area contributed by atoms with Gasteiger partial charge in [0, 0.05) is 13.2 Å². The summed E-state index contributed by atoms with van der Waals surface area (Å²) in [6.45, 7) is 20.5. The van der Waals surface area contributed by atoms with E-state index < -0.39 is 50.9 Å². The van der Waals surface area contributed by atoms with Gasteiger partial charge >= 0.3 is 0 Å². The first-order chi connectivity index (χ1) is 13.5. The Morgan fingerprint density at radius 2 is 1.14 bits per heavy atom. The molecule has 2 fully saturated rings. The third kappa shape index (κ3) is 7.58. The van der Waals surface area contributed by atoms with Crippen LogP contribution in [0.15, 0.2) is 0 Å². The summed E-state index contributed by atoms with van der Waals surface area (Å²) < 4.78 is 33.6. The number of ether oxygens (including phenoxy) is 1. The maximum absolute atomic E-state index is 7.15. The van der Waals surface area contributed by atoms with E-state index in [1.54, 1.807) is 0 Å². The summed E-state index contributed by atoms with van der Waals surface area (Å²) in [7, 11) is -8.57. The molecule has 29 heavy (non-hydrogen) atoms. The molecule has 0 saturated carbocycles. The smallest absolute Gasteiger partial charge is 0.220 e. The predicted octanol–water partition coefficient (Wildman–Crippen LogP) is 3.23. The van der Waals surface area contributed by atoms with E-state index in [-0.39, 0.29) is 11.5 Å². The zero-order valence-electron chi connectivity index (χ0n) is 20.3. The number of hydrogen-bond acceptors (Lipinski definition) is 5. The van der Waals surface area contributed by atoms with Crippen LogP contribution >= 0.6 is 0 Å². The Kier molecular flexibility index (Phi) is 9.83. The van der Waals surface area contributed by atoms with Crippen LogP contribution in [0, 0.1) is 0 Å². The molecule has 0 aromatic carbocycles. The summed E-state index contributed by atoms with van der Waals surface area (Å²) in [5.74, 6) is 0. The average molecular weight is 511 g/mol. The minimum atomic E-state index is -1.97. The SMILES string of the molecule is CCC(OC(CC)[Si]1(O[Si](C)(C)C)CCCO[SiH2]1)[Si]1(O[Si](C)(C)C)CCCO[SiH2]1. The van der Waals surface area contributed by atoms with Crippen molar-refractivity contribution in [2.24, 2.45) is 0 Å². The third-order valence-corrected chi connectivity index (χ3v) is 33.3. The lowest BCUT2D eigenvalue weighted by atomic mass is 10.5. The monoisotopic (exact) mass is 510 g/mol. The highest BCUT2D eigenvalue weighted by atomic mass is 29.2. The van der Waals surface area contributed by atoms with E-state index in [4.69, 9.17) is 21.8 Å². The maximum atomic E-state index is 7.15. The summed E-state index contributed by atoms with van der Waals surface area (Å²) in [5.41, 5.74) is 0.522. The molecule has 0 radical (unpaired) electrons. The van der Waals surface area contributed by atoms with Crippen LogP contribution in [0.1, 0.15) is 39.5 Å². The van der Waals surface area contributed by atoms with Gasteiger partial charge in [0.1, 0.15) is 0 Å². The second-order valence-corrected chi connectivity index (χ2v) is 37.7. The molecule has 4 atom stereocenters. The van der Waals surface area contributed by atoms with E-state index in [0.717, 1.165) is 38.9 Å². The van der Waals surface area contributed by atoms with Crippen LogP contribution < -0.4 is 0 Å². The summed E-state index contributed by atoms with van der Waals surface area (Å²) in [6.07, 6.45) is 4.38. The average Bonchev–Trinajstić information content (AvgIpc) is 2.61. The molecule has 2 heterocycles. The van der Waals surface area contributed by atoms with Crippen molar-refractivity contribution in [3.63, 3.8) is 0 Å². The van der Waals surface area contributed by atoms with Gasteiger partial charge in [-0.05, 0) is 77.1 Å². The van der Waals surface area contributed by atoms with E-state index in [9.17, 15) is 0 Å². The fourth-order valence-electron chi connectivity index (χ4n) is 4.98. The summed E-state index contributed by atoms with van der Waals surface area (Å²) >= 11 is 0. The molecule has 2 saturated heterocycles. The fraction of sp³-hybridized carbons (Fsp3) is 1.00. The van der Waals surface area contributed by atoms with E-state index in [2.05, 4.69) is 53.1 Å². The van der Waals surface area contributed by atoms with Crippen LogP contribution in [-0.2, 0) is 21.8 Å². The molecule has 2 rings (SSSR count). The highest BCUT2D eigenvalue weighted by molar-refractivity contribution is 7.23. The molecule has 0 N–H and O–H groups in total. The van der Waals surface area contributed by atoms with E-state index in [1.807, 2.05) is 0 Å². The van der Waals surface area contributed by atoms with Crippen molar-refractivity contribution in [2.45, 2.75) is 102 Å². The van der Waals surface area contributed by atoms with Gasteiger partial charge in [-0.1, -0.05) is 13.8 Å². The lowest BCUT2D eigenvalue weighted by Gasteiger charge is -2.49. The van der Waals surface area contributed by atoms with Gasteiger partial charge < -0.3 is 21.8 Å². The largest absolute Gasteiger partial charge is 0.455 e. The zero-order chi connectivity index (χ0) is 21.8. The molecule has 0 spiro atoms. The minimum absolute atomic E-state index is 0.261. The Balaban J connectivity index is 2.30. The van der Waals surface area contributed by atoms with Crippen molar-refractivity contribution < 1.29 is 21.8 Å². The molecule has 4 unspecified atom stereocenters. The first-order valence-corrected chi connectivity index (χ1v) is 28.7. The summed E-state index contributed by atoms with van der Waals surface area (Å²) in [4.78, 5) is 0. The zero-order valence-corrected chi connectivity index (χ0v) is 27.1. The van der Waals surface area contributed by atoms with Gasteiger partial charge in [0.15, 0.2) is 35.2 Å². The fourth-order valence-corrected chi connectivity index (χ4v) is 41.3. The van der Waals surface area contributed by atoms with Crippen molar-refractivity contribution in [3.05, 3.63) is 0 Å². The second-order valence-electron chi connectivity index (χ2n) is 10.8. The van der Waals surface area contributed by atoms with Crippen LogP contribution in [0.5, 0.6) is 0 Å². The van der Waals surface area contributed by atoms with E-state index in [0.29, 0.717) is 0 Å². The summed E-state index contributed by atoms with van der Waals surface area (Å²) in [5, 5.41) is 0. The van der Waals surface area contributed by atoms with Crippen molar-refractivity contribution in [1.82, 2.24) is 0 Å². The minimum Gasteiger partial charge on any atom is -0.455 e. The molecule has 0 bridgehead atoms. The van der Waals surface area contributed by atoms with Crippen LogP contribution in [0.2, 0.25) is 51.4 Å². The van der Waals surface area contributed by atoms with E-state index in [1.165, 1.54) is 12.1 Å². The Labute approximate surface area is 187 Å². The second kappa shape index (κ2) is 10.8. The highest BCUT2D eigenvalue weighted by Crippen LogP contribution is 2.35. The quantitative estimate of drug-likeness (QED) is 0.422. The molecule has 11 heteroatoms. The molecule has 2 aliphatic heterocycles. The van der Waals surface area contributed by atoms with Gasteiger partial charge in [-0.2, -0.15) is 0 Å². The molecule has 0 aromatic rings. The van der Waals surface area contributed by atoms with Gasteiger partial charge in [0.05, 0.1) is 11.5 Å². The standard InChI is InChI=1S/C18H46O5Si6/c1-9-17(28(22-26(3,4)5)15-11-13-19-24-28)21-18(10-2)29(23-27(6,7)8)16-12-14-20-25-29/h17-18H,9-16,24-25H2,1-8H3. The Morgan fingerprint density at radius 1 is 0.759 bits per heavy atom. The topological polar surface area (TPSA) is 46.2 Å². The van der Waals surface area contributed by atoms with E-state index >= 15 is 0 Å². The Morgan fingerprint density at radius 3 is 1.38 bits per heavy atom. The maximum Gasteiger partial charge on any atom is 0.220 e. The molecule has 5 nitrogen and oxygen atoms in total. The number of hydrogen-bond donors (Lipinski definition) is 0. The first kappa shape index (κ1) is 26.4. The van der Waals surface area contributed by atoms with Crippen molar-refractivity contribution in [2.75, 3.05) is 13.2 Å². The van der Waals surface area contributed by atoms with Gasteiger partial charge in [0.25, 0.3) is 0 Å². The molecular formula is C18H46O5Si6. The van der Waals surface area contributed by atoms with Crippen LogP contribution in [-0.4, -0.2) is 75.5 Å². The van der Waals surface area contributed by atoms with Gasteiger partial charge in [0.2, 0.25) is 15.7 Å². The Bertz CT molecular complexity index is 454. The molecule has 0 aliphatic carbocycles. The molecule has 0 aromatic heterocycles.